The first-order chi connectivity index (χ1) is 12.7. The molecular weight excluding hydrogens is 350 g/mol. The summed E-state index contributed by atoms with van der Waals surface area (Å²) in [6.45, 7) is 5.01. The van der Waals surface area contributed by atoms with Gasteiger partial charge in [-0.15, -0.1) is 0 Å². The zero-order valence-electron chi connectivity index (χ0n) is 15.7. The molecular formula is C19H23N3O5. The number of rotatable bonds is 3. The number of imidazole rings is 1. The van der Waals surface area contributed by atoms with Crippen molar-refractivity contribution >= 4 is 28.8 Å². The number of para-hydroxylation sites is 2. The Kier molecular flexibility index (Phi) is 4.91. The zero-order valence-corrected chi connectivity index (χ0v) is 15.7. The van der Waals surface area contributed by atoms with E-state index >= 15 is 0 Å². The maximum absolute atomic E-state index is 13.1. The van der Waals surface area contributed by atoms with E-state index in [-0.39, 0.29) is 18.9 Å². The number of hydrogen-bond donors (Lipinski definition) is 1. The van der Waals surface area contributed by atoms with Gasteiger partial charge >= 0.3 is 11.7 Å². The third-order valence-electron chi connectivity index (χ3n) is 4.33. The number of aromatic nitrogens is 2. The highest BCUT2D eigenvalue weighted by molar-refractivity contribution is 5.98. The van der Waals surface area contributed by atoms with E-state index in [1.165, 1.54) is 9.13 Å². The van der Waals surface area contributed by atoms with E-state index in [1.807, 2.05) is 0 Å². The number of nitrogens with zero attached hydrogens (tertiary/aromatic N) is 2. The number of carbonyl (C=O) groups is 3. The standard InChI is InChI=1S/C19H23N3O5/c1-19(2,3)27-16(24)11-21-12-7-4-5-8-13(12)22(18(21)26)14-9-6-10-15(23)20-17(14)25/h4-5,7-8,14H,6,9-11H2,1-3H3,(H,20,23,25). The number of nitrogens with one attached hydrogen (secondary N) is 1. The summed E-state index contributed by atoms with van der Waals surface area (Å²) in [7, 11) is 0. The average Bonchev–Trinajstić information content (AvgIpc) is 2.70. The Morgan fingerprint density at radius 1 is 1.19 bits per heavy atom. The Morgan fingerprint density at radius 2 is 1.85 bits per heavy atom. The minimum Gasteiger partial charge on any atom is -0.459 e. The number of carbonyl (C=O) groups excluding carboxylic acids is 3. The number of esters is 1. The highest BCUT2D eigenvalue weighted by Gasteiger charge is 2.30. The van der Waals surface area contributed by atoms with E-state index in [4.69, 9.17) is 4.74 Å². The van der Waals surface area contributed by atoms with Gasteiger partial charge in [0.2, 0.25) is 11.8 Å². The van der Waals surface area contributed by atoms with Crippen LogP contribution in [0.1, 0.15) is 46.1 Å². The Labute approximate surface area is 156 Å². The molecule has 144 valence electrons. The molecule has 1 N–H and O–H groups in total. The van der Waals surface area contributed by atoms with Gasteiger partial charge in [-0.3, -0.25) is 28.8 Å². The Hall–Kier alpha value is -2.90. The van der Waals surface area contributed by atoms with E-state index in [0.717, 1.165) is 0 Å². The van der Waals surface area contributed by atoms with Crippen LogP contribution in [0.3, 0.4) is 0 Å². The van der Waals surface area contributed by atoms with Gasteiger partial charge in [-0.05, 0) is 45.7 Å². The third kappa shape index (κ3) is 3.94. The predicted octanol–water partition coefficient (Wildman–Crippen LogP) is 1.51. The molecule has 0 bridgehead atoms. The Balaban J connectivity index is 2.06. The summed E-state index contributed by atoms with van der Waals surface area (Å²) in [5.41, 5.74) is -0.0607. The van der Waals surface area contributed by atoms with Gasteiger partial charge in [-0.25, -0.2) is 4.79 Å². The molecule has 1 atom stereocenters. The molecule has 2 amide bonds. The summed E-state index contributed by atoms with van der Waals surface area (Å²) in [5.74, 6) is -1.37. The molecule has 0 spiro atoms. The van der Waals surface area contributed by atoms with Crippen LogP contribution in [0.5, 0.6) is 0 Å². The van der Waals surface area contributed by atoms with Crippen LogP contribution in [0, 0.1) is 0 Å². The highest BCUT2D eigenvalue weighted by Crippen LogP contribution is 2.23. The van der Waals surface area contributed by atoms with E-state index in [0.29, 0.717) is 23.9 Å². The van der Waals surface area contributed by atoms with Crippen LogP contribution in [0.2, 0.25) is 0 Å². The summed E-state index contributed by atoms with van der Waals surface area (Å²) >= 11 is 0. The second-order valence-electron chi connectivity index (χ2n) is 7.63. The molecule has 3 rings (SSSR count). The lowest BCUT2D eigenvalue weighted by Crippen LogP contribution is -2.39. The summed E-state index contributed by atoms with van der Waals surface area (Å²) in [4.78, 5) is 49.4. The number of hydrogen-bond acceptors (Lipinski definition) is 5. The normalized spacial score (nSPS) is 18.3. The molecule has 1 fully saturated rings. The SMILES string of the molecule is CC(C)(C)OC(=O)Cn1c(=O)n(C2CCCC(=O)NC2=O)c2ccccc21. The van der Waals surface area contributed by atoms with Gasteiger partial charge in [-0.1, -0.05) is 12.1 Å². The van der Waals surface area contributed by atoms with E-state index in [9.17, 15) is 19.2 Å². The summed E-state index contributed by atoms with van der Waals surface area (Å²) in [6.07, 6.45) is 1.12. The van der Waals surface area contributed by atoms with Crippen LogP contribution in [0.15, 0.2) is 29.1 Å². The van der Waals surface area contributed by atoms with Crippen molar-refractivity contribution in [2.45, 2.75) is 58.2 Å². The number of imide groups is 1. The van der Waals surface area contributed by atoms with Crippen molar-refractivity contribution < 1.29 is 19.1 Å². The number of ether oxygens (including phenoxy) is 1. The minimum atomic E-state index is -0.797. The number of benzene rings is 1. The van der Waals surface area contributed by atoms with E-state index in [1.54, 1.807) is 45.0 Å². The van der Waals surface area contributed by atoms with Crippen LogP contribution >= 0.6 is 0 Å². The van der Waals surface area contributed by atoms with Crippen molar-refractivity contribution in [1.29, 1.82) is 0 Å². The fraction of sp³-hybridized carbons (Fsp3) is 0.474. The van der Waals surface area contributed by atoms with Gasteiger partial charge in [0.15, 0.2) is 0 Å². The molecule has 1 aromatic carbocycles. The second kappa shape index (κ2) is 7.02. The van der Waals surface area contributed by atoms with Crippen molar-refractivity contribution in [2.24, 2.45) is 0 Å². The molecule has 0 radical (unpaired) electrons. The summed E-state index contributed by atoms with van der Waals surface area (Å²) in [5, 5.41) is 2.32. The second-order valence-corrected chi connectivity index (χ2v) is 7.63. The monoisotopic (exact) mass is 373 g/mol. The third-order valence-corrected chi connectivity index (χ3v) is 4.33. The van der Waals surface area contributed by atoms with Gasteiger partial charge < -0.3 is 4.74 Å². The van der Waals surface area contributed by atoms with Crippen molar-refractivity contribution in [3.8, 4) is 0 Å². The largest absolute Gasteiger partial charge is 0.459 e. The van der Waals surface area contributed by atoms with Gasteiger partial charge in [0.05, 0.1) is 11.0 Å². The molecule has 8 nitrogen and oxygen atoms in total. The number of amides is 2. The number of fused-ring (bicyclic) bond motifs is 1. The molecule has 2 aromatic rings. The van der Waals surface area contributed by atoms with Gasteiger partial charge in [0.1, 0.15) is 18.2 Å². The lowest BCUT2D eigenvalue weighted by Gasteiger charge is -2.19. The molecule has 1 aromatic heterocycles. The lowest BCUT2D eigenvalue weighted by atomic mass is 10.1. The van der Waals surface area contributed by atoms with Crippen LogP contribution in [-0.4, -0.2) is 32.5 Å². The predicted molar refractivity (Wildman–Crippen MR) is 98.1 cm³/mol. The molecule has 1 aliphatic heterocycles. The van der Waals surface area contributed by atoms with Crippen molar-refractivity contribution in [2.75, 3.05) is 0 Å². The van der Waals surface area contributed by atoms with Crippen molar-refractivity contribution in [3.05, 3.63) is 34.7 Å². The highest BCUT2D eigenvalue weighted by atomic mass is 16.6. The van der Waals surface area contributed by atoms with Crippen LogP contribution in [0.4, 0.5) is 0 Å². The lowest BCUT2D eigenvalue weighted by molar-refractivity contribution is -0.155. The molecule has 0 aliphatic carbocycles. The molecule has 1 unspecified atom stereocenters. The first kappa shape index (κ1) is 18.9. The van der Waals surface area contributed by atoms with Gasteiger partial charge in [-0.2, -0.15) is 0 Å². The smallest absolute Gasteiger partial charge is 0.330 e. The Morgan fingerprint density at radius 3 is 2.52 bits per heavy atom. The van der Waals surface area contributed by atoms with Gasteiger partial charge in [0.25, 0.3) is 0 Å². The summed E-state index contributed by atoms with van der Waals surface area (Å²) < 4.78 is 8.00. The molecule has 8 heteroatoms. The minimum absolute atomic E-state index is 0.244. The first-order valence-electron chi connectivity index (χ1n) is 8.92. The van der Waals surface area contributed by atoms with Crippen molar-refractivity contribution in [1.82, 2.24) is 14.5 Å². The van der Waals surface area contributed by atoms with Gasteiger partial charge in [0, 0.05) is 6.42 Å². The fourth-order valence-electron chi connectivity index (χ4n) is 3.31. The topological polar surface area (TPSA) is 99.4 Å². The summed E-state index contributed by atoms with van der Waals surface area (Å²) in [6, 6.07) is 6.16. The first-order valence-corrected chi connectivity index (χ1v) is 8.92. The maximum atomic E-state index is 13.1. The Bertz CT molecular complexity index is 964. The molecule has 27 heavy (non-hydrogen) atoms. The molecule has 2 heterocycles. The fourth-order valence-corrected chi connectivity index (χ4v) is 3.31. The van der Waals surface area contributed by atoms with Crippen LogP contribution in [0.25, 0.3) is 11.0 Å². The van der Waals surface area contributed by atoms with Crippen LogP contribution < -0.4 is 11.0 Å². The molecule has 1 saturated heterocycles. The van der Waals surface area contributed by atoms with E-state index < -0.39 is 29.2 Å². The van der Waals surface area contributed by atoms with E-state index in [2.05, 4.69) is 5.32 Å². The zero-order chi connectivity index (χ0) is 19.8. The maximum Gasteiger partial charge on any atom is 0.330 e. The average molecular weight is 373 g/mol. The molecule has 1 aliphatic rings. The molecule has 0 saturated carbocycles. The quantitative estimate of drug-likeness (QED) is 0.649. The van der Waals surface area contributed by atoms with Crippen LogP contribution in [-0.2, 0) is 25.7 Å². The van der Waals surface area contributed by atoms with Crippen molar-refractivity contribution in [3.63, 3.8) is 0 Å².